The number of hydrogen-bond donors (Lipinski definition) is 1. The van der Waals surface area contributed by atoms with E-state index in [9.17, 15) is 8.77 Å². The van der Waals surface area contributed by atoms with E-state index < -0.39 is 17.9 Å². The first-order chi connectivity index (χ1) is 10.8. The van der Waals surface area contributed by atoms with E-state index in [4.69, 9.17) is 5.73 Å². The highest BCUT2D eigenvalue weighted by Gasteiger charge is 2.43. The molecule has 0 saturated carbocycles. The summed E-state index contributed by atoms with van der Waals surface area (Å²) in [6, 6.07) is 11.1. The summed E-state index contributed by atoms with van der Waals surface area (Å²) in [5.74, 6) is 0.228. The number of benzene rings is 2. The summed E-state index contributed by atoms with van der Waals surface area (Å²) in [5, 5.41) is 1.32. The molecule has 0 aliphatic carbocycles. The average Bonchev–Trinajstić information content (AvgIpc) is 2.51. The lowest BCUT2D eigenvalue weighted by Crippen LogP contribution is -2.34. The molecular weight excluding hydrogens is 325 g/mol. The Labute approximate surface area is 140 Å². The Hall–Kier alpha value is -1.38. The summed E-state index contributed by atoms with van der Waals surface area (Å²) in [4.78, 5) is 1.27. The van der Waals surface area contributed by atoms with Crippen molar-refractivity contribution in [3.05, 3.63) is 42.0 Å². The van der Waals surface area contributed by atoms with E-state index in [1.807, 2.05) is 50.2 Å². The third kappa shape index (κ3) is 2.23. The largest absolute Gasteiger partial charge is 0.398 e. The summed E-state index contributed by atoms with van der Waals surface area (Å²) in [6.07, 6.45) is 0. The van der Waals surface area contributed by atoms with Crippen molar-refractivity contribution in [2.45, 2.75) is 49.1 Å². The van der Waals surface area contributed by atoms with Crippen LogP contribution in [0.25, 0.3) is 0 Å². The van der Waals surface area contributed by atoms with Gasteiger partial charge in [-0.1, -0.05) is 45.9 Å². The van der Waals surface area contributed by atoms with Gasteiger partial charge in [0.1, 0.15) is 7.14 Å². The molecule has 0 radical (unpaired) electrons. The number of anilines is 1. The number of fused-ring (bicyclic) bond motifs is 2. The molecule has 1 aliphatic rings. The van der Waals surface area contributed by atoms with E-state index in [2.05, 4.69) is 13.8 Å². The van der Waals surface area contributed by atoms with Crippen LogP contribution in [0.2, 0.25) is 0 Å². The van der Waals surface area contributed by atoms with Crippen LogP contribution in [0.1, 0.15) is 39.2 Å². The Kier molecular flexibility index (Phi) is 4.02. The summed E-state index contributed by atoms with van der Waals surface area (Å²) in [7, 11) is -4.26. The summed E-state index contributed by atoms with van der Waals surface area (Å²) < 4.78 is 27.1. The molecule has 2 atom stereocenters. The molecule has 23 heavy (non-hydrogen) atoms. The van der Waals surface area contributed by atoms with Crippen LogP contribution < -0.4 is 16.3 Å². The summed E-state index contributed by atoms with van der Waals surface area (Å²) in [6.45, 7) is 8.03. The van der Waals surface area contributed by atoms with Crippen molar-refractivity contribution in [1.82, 2.24) is 0 Å². The van der Waals surface area contributed by atoms with Crippen LogP contribution in [0.5, 0.6) is 0 Å². The zero-order valence-corrected chi connectivity index (χ0v) is 15.6. The van der Waals surface area contributed by atoms with E-state index in [0.717, 1.165) is 5.56 Å². The molecule has 0 aromatic heterocycles. The molecule has 5 heteroatoms. The second kappa shape index (κ2) is 5.61. The molecule has 1 aliphatic heterocycles. The molecule has 3 nitrogen and oxygen atoms in total. The third-order valence-corrected chi connectivity index (χ3v) is 10.0. The van der Waals surface area contributed by atoms with Crippen molar-refractivity contribution in [1.29, 1.82) is 0 Å². The maximum Gasteiger partial charge on any atom is 0.150 e. The first-order valence-corrected chi connectivity index (χ1v) is 10.8. The van der Waals surface area contributed by atoms with Gasteiger partial charge in [0.2, 0.25) is 0 Å². The molecule has 2 unspecified atom stereocenters. The van der Waals surface area contributed by atoms with Crippen LogP contribution in [0.15, 0.2) is 46.2 Å². The lowest BCUT2D eigenvalue weighted by molar-refractivity contribution is 0.580. The Bertz CT molecular complexity index is 858. The van der Waals surface area contributed by atoms with Crippen LogP contribution in [-0.2, 0) is 15.4 Å². The van der Waals surface area contributed by atoms with Crippen molar-refractivity contribution < 1.29 is 8.77 Å². The fourth-order valence-corrected chi connectivity index (χ4v) is 8.66. The topological polar surface area (TPSA) is 60.2 Å². The van der Waals surface area contributed by atoms with E-state index in [1.54, 1.807) is 0 Å². The van der Waals surface area contributed by atoms with Crippen LogP contribution in [0, 0.1) is 0 Å². The molecule has 2 aromatic carbocycles. The molecule has 0 fully saturated rings. The smallest absolute Gasteiger partial charge is 0.150 e. The van der Waals surface area contributed by atoms with Gasteiger partial charge in [0.05, 0.1) is 25.9 Å². The maximum absolute atomic E-state index is 14.1. The van der Waals surface area contributed by atoms with Gasteiger partial charge in [0, 0.05) is 16.7 Å². The molecule has 0 saturated heterocycles. The highest BCUT2D eigenvalue weighted by atomic mass is 32.2. The van der Waals surface area contributed by atoms with Gasteiger partial charge in [0.25, 0.3) is 0 Å². The molecular formula is C18H22NO2PS. The van der Waals surface area contributed by atoms with Crippen LogP contribution in [-0.4, -0.2) is 9.87 Å². The SMILES string of the molecule is CC(C)c1ccc2c(c1N)P(=O)(C(C)C)c1ccccc1S2=O. The van der Waals surface area contributed by atoms with Crippen molar-refractivity contribution in [3.63, 3.8) is 0 Å². The third-order valence-electron chi connectivity index (χ3n) is 4.52. The maximum atomic E-state index is 14.1. The molecule has 122 valence electrons. The number of nitrogens with two attached hydrogens (primary N) is 1. The normalized spacial score (nSPS) is 23.0. The van der Waals surface area contributed by atoms with Crippen LogP contribution in [0.3, 0.4) is 0 Å². The monoisotopic (exact) mass is 347 g/mol. The quantitative estimate of drug-likeness (QED) is 0.667. The highest BCUT2D eigenvalue weighted by molar-refractivity contribution is 7.91. The van der Waals surface area contributed by atoms with Crippen LogP contribution >= 0.6 is 7.14 Å². The minimum atomic E-state index is -2.93. The van der Waals surface area contributed by atoms with Gasteiger partial charge >= 0.3 is 0 Å². The van der Waals surface area contributed by atoms with Gasteiger partial charge in [-0.05, 0) is 29.7 Å². The number of hydrogen-bond acceptors (Lipinski definition) is 3. The van der Waals surface area contributed by atoms with Crippen molar-refractivity contribution in [3.8, 4) is 0 Å². The standard InChI is InChI=1S/C18H22NO2PS/c1-11(2)13-9-10-16-18(17(13)19)22(20,12(3)4)14-7-5-6-8-15(14)23(16)21/h5-12H,19H2,1-4H3. The minimum absolute atomic E-state index is 0.0931. The van der Waals surface area contributed by atoms with E-state index in [-0.39, 0.29) is 11.6 Å². The van der Waals surface area contributed by atoms with Gasteiger partial charge in [-0.2, -0.15) is 0 Å². The highest BCUT2D eigenvalue weighted by Crippen LogP contribution is 2.55. The lowest BCUT2D eigenvalue weighted by atomic mass is 10.0. The first-order valence-electron chi connectivity index (χ1n) is 7.84. The van der Waals surface area contributed by atoms with Gasteiger partial charge in [-0.25, -0.2) is 4.21 Å². The summed E-state index contributed by atoms with van der Waals surface area (Å²) >= 11 is 0. The zero-order chi connectivity index (χ0) is 16.9. The van der Waals surface area contributed by atoms with Gasteiger partial charge in [-0.3, -0.25) is 0 Å². The molecule has 1 heterocycles. The minimum Gasteiger partial charge on any atom is -0.398 e. The van der Waals surface area contributed by atoms with Crippen molar-refractivity contribution >= 4 is 34.2 Å². The second-order valence-electron chi connectivity index (χ2n) is 6.56. The number of nitrogen functional groups attached to an aromatic ring is 1. The average molecular weight is 347 g/mol. The first kappa shape index (κ1) is 16.5. The zero-order valence-electron chi connectivity index (χ0n) is 13.9. The molecule has 0 spiro atoms. The van der Waals surface area contributed by atoms with Gasteiger partial charge in [0.15, 0.2) is 0 Å². The molecule has 0 amide bonds. The van der Waals surface area contributed by atoms with E-state index in [1.165, 1.54) is 0 Å². The van der Waals surface area contributed by atoms with Gasteiger partial charge in [-0.15, -0.1) is 0 Å². The molecule has 3 rings (SSSR count). The van der Waals surface area contributed by atoms with Gasteiger partial charge < -0.3 is 10.3 Å². The van der Waals surface area contributed by atoms with Crippen LogP contribution in [0.4, 0.5) is 5.69 Å². The predicted octanol–water partition coefficient (Wildman–Crippen LogP) is 3.59. The van der Waals surface area contributed by atoms with Crippen molar-refractivity contribution in [2.24, 2.45) is 0 Å². The molecule has 0 bridgehead atoms. The Morgan fingerprint density at radius 2 is 1.65 bits per heavy atom. The molecule has 2 aromatic rings. The van der Waals surface area contributed by atoms with Crippen molar-refractivity contribution in [2.75, 3.05) is 5.73 Å². The number of rotatable bonds is 2. The summed E-state index contributed by atoms with van der Waals surface area (Å²) in [5.41, 5.74) is 7.86. The lowest BCUT2D eigenvalue weighted by Gasteiger charge is -2.33. The fourth-order valence-electron chi connectivity index (χ4n) is 3.26. The molecule has 2 N–H and O–H groups in total. The Morgan fingerprint density at radius 1 is 1.00 bits per heavy atom. The fraction of sp³-hybridized carbons (Fsp3) is 0.333. The van der Waals surface area contributed by atoms with E-state index >= 15 is 0 Å². The Balaban J connectivity index is 2.45. The Morgan fingerprint density at radius 3 is 2.26 bits per heavy atom. The second-order valence-corrected chi connectivity index (χ2v) is 11.3. The predicted molar refractivity (Wildman–Crippen MR) is 98.1 cm³/mol. The van der Waals surface area contributed by atoms with E-state index in [0.29, 0.717) is 26.1 Å².